The lowest BCUT2D eigenvalue weighted by atomic mass is 10.2. The number of ether oxygens (including phenoxy) is 2. The molecule has 0 fully saturated rings. The fourth-order valence-electron chi connectivity index (χ4n) is 1.39. The molecular weight excluding hydrogens is 263 g/mol. The molecule has 0 aromatic carbocycles. The van der Waals surface area contributed by atoms with Crippen LogP contribution in [0.5, 0.6) is 0 Å². The minimum atomic E-state index is -4.26. The molecule has 0 spiro atoms. The molecule has 0 unspecified atom stereocenters. The highest BCUT2D eigenvalue weighted by atomic mass is 19.4. The highest BCUT2D eigenvalue weighted by molar-refractivity contribution is 5.69. The number of hydrogen-bond donors (Lipinski definition) is 1. The fourth-order valence-corrected chi connectivity index (χ4v) is 1.39. The molecule has 0 aliphatic rings. The zero-order valence-corrected chi connectivity index (χ0v) is 11.2. The first kappa shape index (κ1) is 18.2. The minimum Gasteiger partial charge on any atom is -0.466 e. The summed E-state index contributed by atoms with van der Waals surface area (Å²) in [5.74, 6) is -0.184. The monoisotopic (exact) mass is 285 g/mol. The van der Waals surface area contributed by atoms with E-state index in [0.29, 0.717) is 26.1 Å². The number of rotatable bonds is 11. The quantitative estimate of drug-likeness (QED) is 0.467. The summed E-state index contributed by atoms with van der Waals surface area (Å²) >= 11 is 0. The Balaban J connectivity index is 3.13. The van der Waals surface area contributed by atoms with E-state index in [-0.39, 0.29) is 12.6 Å². The van der Waals surface area contributed by atoms with Crippen LogP contribution in [0.2, 0.25) is 0 Å². The number of esters is 1. The average Bonchev–Trinajstić information content (AvgIpc) is 2.30. The lowest BCUT2D eigenvalue weighted by molar-refractivity contribution is -0.173. The lowest BCUT2D eigenvalue weighted by Gasteiger charge is -2.08. The molecule has 114 valence electrons. The first-order chi connectivity index (χ1) is 8.95. The van der Waals surface area contributed by atoms with E-state index in [1.54, 1.807) is 6.92 Å². The lowest BCUT2D eigenvalue weighted by Crippen LogP contribution is -2.24. The first-order valence-corrected chi connectivity index (χ1v) is 6.46. The second-order valence-electron chi connectivity index (χ2n) is 4.03. The number of nitrogens with one attached hydrogen (secondary N) is 1. The highest BCUT2D eigenvalue weighted by Gasteiger charge is 2.27. The van der Waals surface area contributed by atoms with E-state index in [0.717, 1.165) is 19.3 Å². The van der Waals surface area contributed by atoms with Crippen molar-refractivity contribution in [3.05, 3.63) is 0 Å². The maximum Gasteiger partial charge on any atom is 0.411 e. The van der Waals surface area contributed by atoms with Gasteiger partial charge in [0.1, 0.15) is 6.61 Å². The van der Waals surface area contributed by atoms with E-state index >= 15 is 0 Å². The Morgan fingerprint density at radius 3 is 2.53 bits per heavy atom. The molecule has 0 aliphatic heterocycles. The van der Waals surface area contributed by atoms with Crippen molar-refractivity contribution in [2.75, 3.05) is 32.9 Å². The third-order valence-electron chi connectivity index (χ3n) is 2.23. The molecule has 0 atom stereocenters. The summed E-state index contributed by atoms with van der Waals surface area (Å²) < 4.78 is 44.3. The maximum absolute atomic E-state index is 11.7. The first-order valence-electron chi connectivity index (χ1n) is 6.46. The van der Waals surface area contributed by atoms with E-state index in [2.05, 4.69) is 10.1 Å². The second-order valence-corrected chi connectivity index (χ2v) is 4.03. The molecule has 7 heteroatoms. The van der Waals surface area contributed by atoms with E-state index in [1.807, 2.05) is 0 Å². The summed E-state index contributed by atoms with van der Waals surface area (Å²) in [6.45, 7) is 2.11. The van der Waals surface area contributed by atoms with Gasteiger partial charge in [-0.2, -0.15) is 13.2 Å². The van der Waals surface area contributed by atoms with Crippen LogP contribution in [0.25, 0.3) is 0 Å². The molecule has 0 aromatic heterocycles. The molecule has 4 nitrogen and oxygen atoms in total. The van der Waals surface area contributed by atoms with Crippen molar-refractivity contribution in [2.24, 2.45) is 0 Å². The third kappa shape index (κ3) is 15.1. The summed E-state index contributed by atoms with van der Waals surface area (Å²) in [7, 11) is 0. The van der Waals surface area contributed by atoms with Gasteiger partial charge in [0.15, 0.2) is 0 Å². The Hall–Kier alpha value is -0.820. The van der Waals surface area contributed by atoms with Crippen LogP contribution in [-0.2, 0) is 14.3 Å². The molecule has 0 bridgehead atoms. The number of halogens is 3. The van der Waals surface area contributed by atoms with Crippen LogP contribution in [0.1, 0.15) is 32.6 Å². The number of hydrogen-bond acceptors (Lipinski definition) is 4. The van der Waals surface area contributed by atoms with Gasteiger partial charge >= 0.3 is 12.1 Å². The van der Waals surface area contributed by atoms with Crippen molar-refractivity contribution >= 4 is 5.97 Å². The van der Waals surface area contributed by atoms with Gasteiger partial charge in [-0.05, 0) is 26.3 Å². The largest absolute Gasteiger partial charge is 0.466 e. The second kappa shape index (κ2) is 11.0. The summed E-state index contributed by atoms with van der Waals surface area (Å²) in [6.07, 6.45) is -1.31. The Kier molecular flexibility index (Phi) is 10.6. The predicted molar refractivity (Wildman–Crippen MR) is 64.8 cm³/mol. The van der Waals surface area contributed by atoms with Crippen molar-refractivity contribution in [3.63, 3.8) is 0 Å². The summed E-state index contributed by atoms with van der Waals surface area (Å²) in [5.41, 5.74) is 0. The Bertz CT molecular complexity index is 235. The third-order valence-corrected chi connectivity index (χ3v) is 2.23. The van der Waals surface area contributed by atoms with E-state index in [9.17, 15) is 18.0 Å². The van der Waals surface area contributed by atoms with Crippen LogP contribution < -0.4 is 5.32 Å². The SMILES string of the molecule is CCOC(=O)CCCCCNCCOCC(F)(F)F. The molecule has 0 saturated heterocycles. The van der Waals surface area contributed by atoms with Crippen LogP contribution in [0.4, 0.5) is 13.2 Å². The molecule has 0 aromatic rings. The van der Waals surface area contributed by atoms with Gasteiger partial charge in [-0.25, -0.2) is 0 Å². The van der Waals surface area contributed by atoms with E-state index in [4.69, 9.17) is 4.74 Å². The van der Waals surface area contributed by atoms with Gasteiger partial charge in [0.25, 0.3) is 0 Å². The Morgan fingerprint density at radius 2 is 1.89 bits per heavy atom. The van der Waals surface area contributed by atoms with E-state index in [1.165, 1.54) is 0 Å². The standard InChI is InChI=1S/C12H22F3NO3/c1-2-19-11(17)6-4-3-5-7-16-8-9-18-10-12(13,14)15/h16H,2-10H2,1H3. The van der Waals surface area contributed by atoms with Crippen LogP contribution >= 0.6 is 0 Å². The van der Waals surface area contributed by atoms with Crippen LogP contribution in [0.15, 0.2) is 0 Å². The topological polar surface area (TPSA) is 47.6 Å². The van der Waals surface area contributed by atoms with Crippen molar-refractivity contribution < 1.29 is 27.4 Å². The molecule has 0 heterocycles. The Labute approximate surface area is 111 Å². The van der Waals surface area contributed by atoms with Gasteiger partial charge in [-0.3, -0.25) is 4.79 Å². The van der Waals surface area contributed by atoms with E-state index < -0.39 is 12.8 Å². The molecule has 19 heavy (non-hydrogen) atoms. The zero-order valence-electron chi connectivity index (χ0n) is 11.2. The summed E-state index contributed by atoms with van der Waals surface area (Å²) in [6, 6.07) is 0. The smallest absolute Gasteiger partial charge is 0.411 e. The highest BCUT2D eigenvalue weighted by Crippen LogP contribution is 2.13. The number of alkyl halides is 3. The van der Waals surface area contributed by atoms with Crippen molar-refractivity contribution in [3.8, 4) is 0 Å². The normalized spacial score (nSPS) is 11.6. The average molecular weight is 285 g/mol. The predicted octanol–water partition coefficient (Wildman–Crippen LogP) is 2.28. The van der Waals surface area contributed by atoms with Crippen molar-refractivity contribution in [1.82, 2.24) is 5.32 Å². The van der Waals surface area contributed by atoms with Crippen LogP contribution in [0.3, 0.4) is 0 Å². The van der Waals surface area contributed by atoms with Gasteiger partial charge < -0.3 is 14.8 Å². The summed E-state index contributed by atoms with van der Waals surface area (Å²) in [5, 5.41) is 2.98. The summed E-state index contributed by atoms with van der Waals surface area (Å²) in [4.78, 5) is 11.0. The molecule has 1 N–H and O–H groups in total. The zero-order chi connectivity index (χ0) is 14.6. The van der Waals surface area contributed by atoms with Crippen molar-refractivity contribution in [2.45, 2.75) is 38.8 Å². The molecular formula is C12H22F3NO3. The molecule has 0 aliphatic carbocycles. The van der Waals surface area contributed by atoms with Gasteiger partial charge in [0.2, 0.25) is 0 Å². The number of unbranched alkanes of at least 4 members (excludes halogenated alkanes) is 2. The Morgan fingerprint density at radius 1 is 1.16 bits per heavy atom. The van der Waals surface area contributed by atoms with Gasteiger partial charge in [0.05, 0.1) is 13.2 Å². The van der Waals surface area contributed by atoms with Crippen molar-refractivity contribution in [1.29, 1.82) is 0 Å². The minimum absolute atomic E-state index is 0.0440. The van der Waals surface area contributed by atoms with Gasteiger partial charge in [-0.1, -0.05) is 6.42 Å². The molecule has 0 saturated carbocycles. The number of carbonyl (C=O) groups is 1. The van der Waals surface area contributed by atoms with Crippen LogP contribution in [-0.4, -0.2) is 45.1 Å². The molecule has 0 rings (SSSR count). The molecule has 0 radical (unpaired) electrons. The van der Waals surface area contributed by atoms with Gasteiger partial charge in [0, 0.05) is 13.0 Å². The molecule has 0 amide bonds. The maximum atomic E-state index is 11.7. The number of carbonyl (C=O) groups excluding carboxylic acids is 1. The van der Waals surface area contributed by atoms with Gasteiger partial charge in [-0.15, -0.1) is 0 Å². The fraction of sp³-hybridized carbons (Fsp3) is 0.917. The van der Waals surface area contributed by atoms with Crippen LogP contribution in [0, 0.1) is 0 Å².